The van der Waals surface area contributed by atoms with Gasteiger partial charge in [0.2, 0.25) is 0 Å². The molecular formula is C21H30N2O3. The number of rotatable bonds is 8. The third-order valence-electron chi connectivity index (χ3n) is 4.82. The fraction of sp³-hybridized carbons (Fsp3) is 0.571. The largest absolute Gasteiger partial charge is 0.490 e. The van der Waals surface area contributed by atoms with Crippen LogP contribution in [0.1, 0.15) is 69.5 Å². The molecule has 1 fully saturated rings. The topological polar surface area (TPSA) is 47.7 Å². The summed E-state index contributed by atoms with van der Waals surface area (Å²) in [5, 5.41) is 4.23. The molecule has 1 aromatic carbocycles. The third kappa shape index (κ3) is 4.21. The molecule has 1 saturated heterocycles. The van der Waals surface area contributed by atoms with Crippen LogP contribution < -0.4 is 9.47 Å². The Morgan fingerprint density at radius 1 is 1.15 bits per heavy atom. The molecule has 0 bridgehead atoms. The van der Waals surface area contributed by atoms with Gasteiger partial charge in [0.1, 0.15) is 0 Å². The molecule has 0 radical (unpaired) electrons. The van der Waals surface area contributed by atoms with E-state index in [1.54, 1.807) is 0 Å². The zero-order valence-corrected chi connectivity index (χ0v) is 16.3. The standard InChI is InChI=1S/C21H30N2O3/c1-5-24-19-10-9-16(12-21(19)25-6-2)14-23-11-7-8-18(23)20-13-17(15(3)4)22-26-20/h9-10,12-13,15,18H,5-8,11,14H2,1-4H3/t18-/m1/s1. The second kappa shape index (κ2) is 8.58. The van der Waals surface area contributed by atoms with Crippen molar-refractivity contribution >= 4 is 0 Å². The van der Waals surface area contributed by atoms with Crippen LogP contribution in [0.4, 0.5) is 0 Å². The molecule has 1 aliphatic rings. The van der Waals surface area contributed by atoms with E-state index < -0.39 is 0 Å². The van der Waals surface area contributed by atoms with E-state index in [2.05, 4.69) is 42.1 Å². The molecule has 3 rings (SSSR count). The number of nitrogens with zero attached hydrogens (tertiary/aromatic N) is 2. The van der Waals surface area contributed by atoms with E-state index in [9.17, 15) is 0 Å². The van der Waals surface area contributed by atoms with Crippen LogP contribution in [0.3, 0.4) is 0 Å². The van der Waals surface area contributed by atoms with Crippen molar-refractivity contribution in [1.29, 1.82) is 0 Å². The normalized spacial score (nSPS) is 17.8. The molecule has 1 aromatic heterocycles. The Morgan fingerprint density at radius 2 is 1.92 bits per heavy atom. The minimum absolute atomic E-state index is 0.303. The maximum absolute atomic E-state index is 5.76. The van der Waals surface area contributed by atoms with Gasteiger partial charge >= 0.3 is 0 Å². The van der Waals surface area contributed by atoms with Gasteiger partial charge in [0.15, 0.2) is 17.3 Å². The minimum Gasteiger partial charge on any atom is -0.490 e. The van der Waals surface area contributed by atoms with Crippen LogP contribution in [0.5, 0.6) is 11.5 Å². The van der Waals surface area contributed by atoms with Gasteiger partial charge in [0.05, 0.1) is 24.9 Å². The lowest BCUT2D eigenvalue weighted by Crippen LogP contribution is -2.22. The number of hydrogen-bond donors (Lipinski definition) is 0. The fourth-order valence-corrected chi connectivity index (χ4v) is 3.50. The van der Waals surface area contributed by atoms with Crippen molar-refractivity contribution < 1.29 is 14.0 Å². The summed E-state index contributed by atoms with van der Waals surface area (Å²) >= 11 is 0. The molecule has 0 aliphatic carbocycles. The first-order valence-electron chi connectivity index (χ1n) is 9.71. The Morgan fingerprint density at radius 3 is 2.62 bits per heavy atom. The Kier molecular flexibility index (Phi) is 6.20. The molecule has 5 nitrogen and oxygen atoms in total. The lowest BCUT2D eigenvalue weighted by atomic mass is 10.1. The van der Waals surface area contributed by atoms with Gasteiger partial charge in [-0.1, -0.05) is 25.1 Å². The van der Waals surface area contributed by atoms with Crippen molar-refractivity contribution in [2.24, 2.45) is 0 Å². The minimum atomic E-state index is 0.303. The number of aromatic nitrogens is 1. The zero-order valence-electron chi connectivity index (χ0n) is 16.3. The molecular weight excluding hydrogens is 328 g/mol. The van der Waals surface area contributed by atoms with Crippen molar-refractivity contribution in [2.45, 2.75) is 59.0 Å². The summed E-state index contributed by atoms with van der Waals surface area (Å²) in [4.78, 5) is 2.47. The maximum atomic E-state index is 5.76. The summed E-state index contributed by atoms with van der Waals surface area (Å²) in [6, 6.07) is 8.67. The first-order chi connectivity index (χ1) is 12.6. The van der Waals surface area contributed by atoms with Crippen LogP contribution in [-0.4, -0.2) is 29.8 Å². The smallest absolute Gasteiger partial charge is 0.161 e. The second-order valence-electron chi connectivity index (χ2n) is 7.08. The molecule has 0 amide bonds. The highest BCUT2D eigenvalue weighted by atomic mass is 16.5. The van der Waals surface area contributed by atoms with Gasteiger partial charge in [-0.2, -0.15) is 0 Å². The molecule has 0 saturated carbocycles. The summed E-state index contributed by atoms with van der Waals surface area (Å²) in [5.74, 6) is 3.02. The highest BCUT2D eigenvalue weighted by Gasteiger charge is 2.29. The van der Waals surface area contributed by atoms with E-state index in [0.717, 1.165) is 42.5 Å². The predicted molar refractivity (Wildman–Crippen MR) is 102 cm³/mol. The third-order valence-corrected chi connectivity index (χ3v) is 4.82. The van der Waals surface area contributed by atoms with Crippen LogP contribution in [0.2, 0.25) is 0 Å². The molecule has 2 heterocycles. The SMILES string of the molecule is CCOc1ccc(CN2CCC[C@@H]2c2cc(C(C)C)no2)cc1OCC. The van der Waals surface area contributed by atoms with Crippen molar-refractivity contribution in [1.82, 2.24) is 10.1 Å². The number of benzene rings is 1. The first-order valence-corrected chi connectivity index (χ1v) is 9.71. The number of ether oxygens (including phenoxy) is 2. The number of likely N-dealkylation sites (tertiary alicyclic amines) is 1. The van der Waals surface area contributed by atoms with Crippen molar-refractivity contribution in [3.05, 3.63) is 41.3 Å². The molecule has 142 valence electrons. The van der Waals surface area contributed by atoms with Crippen LogP contribution in [0.15, 0.2) is 28.8 Å². The van der Waals surface area contributed by atoms with Gasteiger partial charge in [0.25, 0.3) is 0 Å². The van der Waals surface area contributed by atoms with E-state index >= 15 is 0 Å². The first kappa shape index (κ1) is 18.8. The van der Waals surface area contributed by atoms with Crippen molar-refractivity contribution in [2.75, 3.05) is 19.8 Å². The molecule has 0 unspecified atom stereocenters. The molecule has 1 aliphatic heterocycles. The van der Waals surface area contributed by atoms with Gasteiger partial charge in [-0.05, 0) is 56.8 Å². The van der Waals surface area contributed by atoms with Crippen LogP contribution in [0.25, 0.3) is 0 Å². The lowest BCUT2D eigenvalue weighted by molar-refractivity contribution is 0.206. The molecule has 5 heteroatoms. The van der Waals surface area contributed by atoms with Crippen LogP contribution in [-0.2, 0) is 6.54 Å². The van der Waals surface area contributed by atoms with Gasteiger partial charge in [0, 0.05) is 12.6 Å². The average molecular weight is 358 g/mol. The summed E-state index contributed by atoms with van der Waals surface area (Å²) in [7, 11) is 0. The summed E-state index contributed by atoms with van der Waals surface area (Å²) in [5.41, 5.74) is 2.26. The molecule has 0 spiro atoms. The van der Waals surface area contributed by atoms with Crippen molar-refractivity contribution in [3.63, 3.8) is 0 Å². The Bertz CT molecular complexity index is 711. The van der Waals surface area contributed by atoms with Crippen molar-refractivity contribution in [3.8, 4) is 11.5 Å². The molecule has 2 aromatic rings. The van der Waals surface area contributed by atoms with Gasteiger partial charge in [-0.25, -0.2) is 0 Å². The lowest BCUT2D eigenvalue weighted by Gasteiger charge is -2.23. The van der Waals surface area contributed by atoms with E-state index in [0.29, 0.717) is 25.2 Å². The molecule has 26 heavy (non-hydrogen) atoms. The Hall–Kier alpha value is -2.01. The summed E-state index contributed by atoms with van der Waals surface area (Å²) in [6.07, 6.45) is 2.29. The predicted octanol–water partition coefficient (Wildman–Crippen LogP) is 4.93. The zero-order chi connectivity index (χ0) is 18.5. The van der Waals surface area contributed by atoms with E-state index in [1.807, 2.05) is 19.9 Å². The summed E-state index contributed by atoms with van der Waals surface area (Å²) in [6.45, 7) is 11.5. The molecule has 1 atom stereocenters. The van der Waals surface area contributed by atoms with Crippen LogP contribution >= 0.6 is 0 Å². The Labute approximate surface area is 156 Å². The highest BCUT2D eigenvalue weighted by Crippen LogP contribution is 2.36. The monoisotopic (exact) mass is 358 g/mol. The van der Waals surface area contributed by atoms with Gasteiger partial charge in [-0.15, -0.1) is 0 Å². The second-order valence-corrected chi connectivity index (χ2v) is 7.08. The average Bonchev–Trinajstić information content (AvgIpc) is 3.26. The van der Waals surface area contributed by atoms with E-state index in [4.69, 9.17) is 14.0 Å². The van der Waals surface area contributed by atoms with E-state index in [-0.39, 0.29) is 0 Å². The Balaban J connectivity index is 1.75. The maximum Gasteiger partial charge on any atom is 0.161 e. The highest BCUT2D eigenvalue weighted by molar-refractivity contribution is 5.43. The molecule has 0 N–H and O–H groups in total. The van der Waals surface area contributed by atoms with Gasteiger partial charge < -0.3 is 14.0 Å². The summed E-state index contributed by atoms with van der Waals surface area (Å²) < 4.78 is 17.1. The fourth-order valence-electron chi connectivity index (χ4n) is 3.50. The van der Waals surface area contributed by atoms with Crippen LogP contribution in [0, 0.1) is 0 Å². The quantitative estimate of drug-likeness (QED) is 0.669. The van der Waals surface area contributed by atoms with Gasteiger partial charge in [-0.3, -0.25) is 4.90 Å². The number of hydrogen-bond acceptors (Lipinski definition) is 5. The van der Waals surface area contributed by atoms with E-state index in [1.165, 1.54) is 12.0 Å².